The Bertz CT molecular complexity index is 577. The van der Waals surface area contributed by atoms with E-state index in [1.54, 1.807) is 30.3 Å². The van der Waals surface area contributed by atoms with Crippen LogP contribution in [0.15, 0.2) is 35.2 Å². The molecular formula is C20H36N2O4S. The molecule has 0 fully saturated rings. The molecule has 0 unspecified atom stereocenters. The average molecular weight is 401 g/mol. The van der Waals surface area contributed by atoms with E-state index < -0.39 is 10.1 Å². The van der Waals surface area contributed by atoms with Crippen LogP contribution in [0.5, 0.6) is 0 Å². The molecule has 0 atom stereocenters. The van der Waals surface area contributed by atoms with Crippen molar-refractivity contribution in [3.63, 3.8) is 0 Å². The lowest BCUT2D eigenvalue weighted by molar-refractivity contribution is 0.306. The van der Waals surface area contributed by atoms with Crippen LogP contribution in [-0.2, 0) is 19.0 Å². The summed E-state index contributed by atoms with van der Waals surface area (Å²) in [4.78, 5) is 0.238. The van der Waals surface area contributed by atoms with Crippen molar-refractivity contribution in [3.8, 4) is 0 Å². The maximum atomic E-state index is 11.9. The van der Waals surface area contributed by atoms with Crippen LogP contribution < -0.4 is 5.73 Å². The number of hydrogen-bond acceptors (Lipinski definition) is 5. The van der Waals surface area contributed by atoms with Crippen LogP contribution in [-0.4, -0.2) is 28.2 Å². The maximum absolute atomic E-state index is 11.9. The molecule has 0 radical (unpaired) electrons. The largest absolute Gasteiger partial charge is 0.469 e. The summed E-state index contributed by atoms with van der Waals surface area (Å²) in [6, 6.07) is 8.08. The van der Waals surface area contributed by atoms with Gasteiger partial charge in [-0.3, -0.25) is 9.59 Å². The van der Waals surface area contributed by atoms with Crippen LogP contribution in [0.2, 0.25) is 0 Å². The normalized spacial score (nSPS) is 10.7. The van der Waals surface area contributed by atoms with Crippen molar-refractivity contribution in [2.75, 3.05) is 13.7 Å². The minimum Gasteiger partial charge on any atom is -0.469 e. The van der Waals surface area contributed by atoms with E-state index in [0.717, 1.165) is 12.8 Å². The Morgan fingerprint density at radius 1 is 0.926 bits per heavy atom. The molecule has 0 aliphatic carbocycles. The fourth-order valence-electron chi connectivity index (χ4n) is 2.41. The van der Waals surface area contributed by atoms with Gasteiger partial charge in [-0.15, -0.1) is 0 Å². The highest BCUT2D eigenvalue weighted by atomic mass is 32.2. The lowest BCUT2D eigenvalue weighted by atomic mass is 10.1. The van der Waals surface area contributed by atoms with Crippen LogP contribution in [0.1, 0.15) is 71.1 Å². The summed E-state index contributed by atoms with van der Waals surface area (Å²) in [5.41, 5.74) is 4.65. The number of benzene rings is 1. The zero-order valence-electron chi connectivity index (χ0n) is 16.8. The summed E-state index contributed by atoms with van der Waals surface area (Å²) >= 11 is 0. The molecule has 0 saturated carbocycles. The van der Waals surface area contributed by atoms with Gasteiger partial charge in [-0.1, -0.05) is 82.9 Å². The summed E-state index contributed by atoms with van der Waals surface area (Å²) < 4.78 is 32.9. The summed E-state index contributed by atoms with van der Waals surface area (Å²) in [5.74, 6) is 0. The third-order valence-electron chi connectivity index (χ3n) is 3.99. The second-order valence-electron chi connectivity index (χ2n) is 6.34. The van der Waals surface area contributed by atoms with Gasteiger partial charge in [0.1, 0.15) is 0 Å². The molecule has 0 amide bonds. The number of nitrogens with one attached hydrogen (secondary N) is 1. The molecule has 27 heavy (non-hydrogen) atoms. The molecule has 0 saturated heterocycles. The van der Waals surface area contributed by atoms with Crippen molar-refractivity contribution in [2.45, 2.75) is 76.0 Å². The Kier molecular flexibility index (Phi) is 15.6. The van der Waals surface area contributed by atoms with Gasteiger partial charge >= 0.3 is 0 Å². The minimum atomic E-state index is -3.57. The number of methoxy groups -OCH3 is 1. The Balaban J connectivity index is 0.00000119. The van der Waals surface area contributed by atoms with E-state index in [-0.39, 0.29) is 17.5 Å². The SMILES string of the molecule is CCCCCCCCCCCCOS(=O)(=O)c1ccccc1.COC(=N)N. The summed E-state index contributed by atoms with van der Waals surface area (Å²) in [7, 11) is -2.22. The smallest absolute Gasteiger partial charge is 0.296 e. The highest BCUT2D eigenvalue weighted by molar-refractivity contribution is 7.86. The second-order valence-corrected chi connectivity index (χ2v) is 7.95. The quantitative estimate of drug-likeness (QED) is 0.213. The first kappa shape index (κ1) is 25.4. The number of nitrogens with two attached hydrogens (primary N) is 1. The predicted molar refractivity (Wildman–Crippen MR) is 110 cm³/mol. The van der Waals surface area contributed by atoms with Gasteiger partial charge in [-0.25, -0.2) is 0 Å². The van der Waals surface area contributed by atoms with Crippen LogP contribution >= 0.6 is 0 Å². The van der Waals surface area contributed by atoms with Gasteiger partial charge in [0.15, 0.2) is 0 Å². The van der Waals surface area contributed by atoms with Crippen molar-refractivity contribution in [1.82, 2.24) is 0 Å². The lowest BCUT2D eigenvalue weighted by Gasteiger charge is -2.05. The summed E-state index contributed by atoms with van der Waals surface area (Å²) in [6.07, 6.45) is 12.3. The van der Waals surface area contributed by atoms with Gasteiger partial charge in [-0.2, -0.15) is 8.42 Å². The zero-order chi connectivity index (χ0) is 20.4. The minimum absolute atomic E-state index is 0.238. The summed E-state index contributed by atoms with van der Waals surface area (Å²) in [6.45, 7) is 2.52. The standard InChI is InChI=1S/C18H30O3S.C2H6N2O/c1-2-3-4-5-6-7-8-9-10-14-17-21-22(19,20)18-15-12-11-13-16-18;1-5-2(3)4/h11-13,15-16H,2-10,14,17H2,1H3;1H3,(H3,3,4). The Hall–Kier alpha value is -1.60. The van der Waals surface area contributed by atoms with E-state index in [4.69, 9.17) is 9.59 Å². The lowest BCUT2D eigenvalue weighted by Crippen LogP contribution is -2.10. The first-order chi connectivity index (χ1) is 12.9. The molecule has 1 aromatic carbocycles. The van der Waals surface area contributed by atoms with Crippen molar-refractivity contribution in [1.29, 1.82) is 5.41 Å². The van der Waals surface area contributed by atoms with Crippen molar-refractivity contribution in [3.05, 3.63) is 30.3 Å². The van der Waals surface area contributed by atoms with Gasteiger partial charge in [0.2, 0.25) is 0 Å². The molecule has 0 bridgehead atoms. The van der Waals surface area contributed by atoms with E-state index in [1.807, 2.05) is 0 Å². The van der Waals surface area contributed by atoms with Crippen LogP contribution in [0.4, 0.5) is 0 Å². The molecule has 0 aliphatic heterocycles. The molecule has 1 rings (SSSR count). The molecule has 0 aromatic heterocycles. The predicted octanol–water partition coefficient (Wildman–Crippen LogP) is 4.84. The fraction of sp³-hybridized carbons (Fsp3) is 0.650. The monoisotopic (exact) mass is 400 g/mol. The molecule has 0 spiro atoms. The molecule has 0 aliphatic rings. The van der Waals surface area contributed by atoms with E-state index in [0.29, 0.717) is 0 Å². The molecule has 156 valence electrons. The first-order valence-corrected chi connectivity index (χ1v) is 11.2. The van der Waals surface area contributed by atoms with E-state index in [1.165, 1.54) is 58.5 Å². The zero-order valence-corrected chi connectivity index (χ0v) is 17.6. The van der Waals surface area contributed by atoms with Crippen LogP contribution in [0, 0.1) is 5.41 Å². The van der Waals surface area contributed by atoms with E-state index in [9.17, 15) is 8.42 Å². The maximum Gasteiger partial charge on any atom is 0.296 e. The van der Waals surface area contributed by atoms with Gasteiger partial charge in [0.25, 0.3) is 16.1 Å². The second kappa shape index (κ2) is 16.6. The van der Waals surface area contributed by atoms with Crippen molar-refractivity contribution >= 4 is 16.1 Å². The van der Waals surface area contributed by atoms with Crippen molar-refractivity contribution in [2.24, 2.45) is 5.73 Å². The van der Waals surface area contributed by atoms with Crippen LogP contribution in [0.25, 0.3) is 0 Å². The third kappa shape index (κ3) is 15.2. The van der Waals surface area contributed by atoms with Gasteiger partial charge in [0, 0.05) is 0 Å². The Morgan fingerprint density at radius 2 is 1.37 bits per heavy atom. The van der Waals surface area contributed by atoms with Crippen LogP contribution in [0.3, 0.4) is 0 Å². The highest BCUT2D eigenvalue weighted by Crippen LogP contribution is 2.13. The van der Waals surface area contributed by atoms with Gasteiger partial charge in [0.05, 0.1) is 18.6 Å². The molecule has 7 heteroatoms. The number of ether oxygens (including phenoxy) is 1. The first-order valence-electron chi connectivity index (χ1n) is 9.76. The molecule has 1 aromatic rings. The van der Waals surface area contributed by atoms with Crippen molar-refractivity contribution < 1.29 is 17.3 Å². The molecule has 6 nitrogen and oxygen atoms in total. The van der Waals surface area contributed by atoms with Gasteiger partial charge < -0.3 is 10.5 Å². The molecular weight excluding hydrogens is 364 g/mol. The molecule has 3 N–H and O–H groups in total. The van der Waals surface area contributed by atoms with Gasteiger partial charge in [-0.05, 0) is 18.6 Å². The highest BCUT2D eigenvalue weighted by Gasteiger charge is 2.13. The molecule has 0 heterocycles. The van der Waals surface area contributed by atoms with E-state index >= 15 is 0 Å². The topological polar surface area (TPSA) is 102 Å². The Labute approximate surface area is 165 Å². The van der Waals surface area contributed by atoms with E-state index in [2.05, 4.69) is 17.4 Å². The number of hydrogen-bond donors (Lipinski definition) is 2. The Morgan fingerprint density at radius 3 is 1.81 bits per heavy atom. The third-order valence-corrected chi connectivity index (χ3v) is 5.31. The average Bonchev–Trinajstić information content (AvgIpc) is 2.67. The summed E-state index contributed by atoms with van der Waals surface area (Å²) in [5, 5.41) is 6.30. The number of unbranched alkanes of at least 4 members (excludes halogenated alkanes) is 9. The number of rotatable bonds is 13. The fourth-order valence-corrected chi connectivity index (χ4v) is 3.38. The number of amidine groups is 1.